The van der Waals surface area contributed by atoms with Crippen molar-refractivity contribution in [3.63, 3.8) is 0 Å². The zero-order valence-electron chi connectivity index (χ0n) is 15.0. The fourth-order valence-corrected chi connectivity index (χ4v) is 2.64. The van der Waals surface area contributed by atoms with Gasteiger partial charge < -0.3 is 14.4 Å². The maximum Gasteiger partial charge on any atom is 0.231 e. The quantitative estimate of drug-likeness (QED) is 0.481. The van der Waals surface area contributed by atoms with Gasteiger partial charge in [0.15, 0.2) is 11.5 Å². The number of aliphatic imine (C=N–C) groups is 1. The second-order valence-corrected chi connectivity index (χ2v) is 5.92. The number of hydrogen-bond donors (Lipinski definition) is 0. The topological polar surface area (TPSA) is 54.4 Å². The van der Waals surface area contributed by atoms with Crippen LogP contribution in [0.15, 0.2) is 59.2 Å². The number of anilines is 1. The first-order chi connectivity index (χ1) is 12.6. The SMILES string of the molecule is CC(=C/c1ccc2c(c1)OCO2)/N=C(\N(C)C=O)N(C)c1ccccc1. The predicted octanol–water partition coefficient (Wildman–Crippen LogP) is 3.36. The first-order valence-electron chi connectivity index (χ1n) is 8.22. The van der Waals surface area contributed by atoms with Crippen molar-refractivity contribution in [3.8, 4) is 11.5 Å². The number of carbonyl (C=O) groups excluding carboxylic acids is 1. The van der Waals surface area contributed by atoms with Crippen LogP contribution in [0, 0.1) is 0 Å². The van der Waals surface area contributed by atoms with Gasteiger partial charge in [-0.1, -0.05) is 24.3 Å². The van der Waals surface area contributed by atoms with E-state index >= 15 is 0 Å². The van der Waals surface area contributed by atoms with Gasteiger partial charge in [0.05, 0.1) is 0 Å². The van der Waals surface area contributed by atoms with Crippen LogP contribution in [-0.4, -0.2) is 38.2 Å². The van der Waals surface area contributed by atoms with Gasteiger partial charge in [-0.05, 0) is 42.8 Å². The van der Waals surface area contributed by atoms with Crippen LogP contribution in [0.1, 0.15) is 12.5 Å². The van der Waals surface area contributed by atoms with Crippen LogP contribution in [0.5, 0.6) is 11.5 Å². The number of rotatable bonds is 4. The van der Waals surface area contributed by atoms with Gasteiger partial charge in [-0.3, -0.25) is 9.69 Å². The van der Waals surface area contributed by atoms with Gasteiger partial charge in [0.2, 0.25) is 19.2 Å². The van der Waals surface area contributed by atoms with E-state index in [1.165, 1.54) is 4.90 Å². The summed E-state index contributed by atoms with van der Waals surface area (Å²) >= 11 is 0. The van der Waals surface area contributed by atoms with Crippen molar-refractivity contribution in [3.05, 3.63) is 59.8 Å². The molecule has 134 valence electrons. The minimum Gasteiger partial charge on any atom is -0.454 e. The molecule has 0 fully saturated rings. The van der Waals surface area contributed by atoms with Crippen LogP contribution in [0.25, 0.3) is 6.08 Å². The van der Waals surface area contributed by atoms with Crippen LogP contribution in [0.4, 0.5) is 5.69 Å². The lowest BCUT2D eigenvalue weighted by molar-refractivity contribution is -0.114. The first-order valence-corrected chi connectivity index (χ1v) is 8.22. The number of nitrogens with zero attached hydrogens (tertiary/aromatic N) is 3. The highest BCUT2D eigenvalue weighted by Crippen LogP contribution is 2.33. The van der Waals surface area contributed by atoms with E-state index in [0.29, 0.717) is 5.96 Å². The average Bonchev–Trinajstić information content (AvgIpc) is 3.13. The molecule has 6 nitrogen and oxygen atoms in total. The van der Waals surface area contributed by atoms with Crippen molar-refractivity contribution < 1.29 is 14.3 Å². The number of para-hydroxylation sites is 1. The van der Waals surface area contributed by atoms with E-state index in [2.05, 4.69) is 4.99 Å². The van der Waals surface area contributed by atoms with Gasteiger partial charge in [0.25, 0.3) is 0 Å². The van der Waals surface area contributed by atoms with Crippen molar-refractivity contribution in [1.82, 2.24) is 4.90 Å². The number of amides is 1. The van der Waals surface area contributed by atoms with Crippen molar-refractivity contribution in [2.45, 2.75) is 6.92 Å². The van der Waals surface area contributed by atoms with E-state index < -0.39 is 0 Å². The van der Waals surface area contributed by atoms with Crippen LogP contribution < -0.4 is 14.4 Å². The first kappa shape index (κ1) is 17.5. The molecule has 1 aliphatic heterocycles. The van der Waals surface area contributed by atoms with Crippen LogP contribution in [0.2, 0.25) is 0 Å². The van der Waals surface area contributed by atoms with E-state index in [4.69, 9.17) is 9.47 Å². The van der Waals surface area contributed by atoms with Crippen molar-refractivity contribution in [2.75, 3.05) is 25.8 Å². The molecule has 0 unspecified atom stereocenters. The number of fused-ring (bicyclic) bond motifs is 1. The van der Waals surface area contributed by atoms with E-state index in [1.54, 1.807) is 7.05 Å². The molecule has 0 N–H and O–H groups in total. The van der Waals surface area contributed by atoms with E-state index in [9.17, 15) is 4.79 Å². The zero-order chi connectivity index (χ0) is 18.5. The van der Waals surface area contributed by atoms with Gasteiger partial charge in [-0.25, -0.2) is 4.99 Å². The van der Waals surface area contributed by atoms with E-state index in [1.807, 2.05) is 73.5 Å². The second kappa shape index (κ2) is 7.74. The van der Waals surface area contributed by atoms with Gasteiger partial charge in [0, 0.05) is 25.5 Å². The molecule has 0 bridgehead atoms. The molecule has 2 aromatic carbocycles. The summed E-state index contributed by atoms with van der Waals surface area (Å²) in [6.07, 6.45) is 2.67. The molecule has 26 heavy (non-hydrogen) atoms. The lowest BCUT2D eigenvalue weighted by Gasteiger charge is -2.25. The van der Waals surface area contributed by atoms with E-state index in [0.717, 1.165) is 34.9 Å². The molecule has 0 saturated carbocycles. The Bertz CT molecular complexity index is 847. The maximum absolute atomic E-state index is 11.3. The molecule has 1 aliphatic rings. The monoisotopic (exact) mass is 351 g/mol. The summed E-state index contributed by atoms with van der Waals surface area (Å²) in [5.41, 5.74) is 2.65. The zero-order valence-corrected chi connectivity index (χ0v) is 15.0. The Morgan fingerprint density at radius 2 is 1.81 bits per heavy atom. The van der Waals surface area contributed by atoms with Crippen LogP contribution in [-0.2, 0) is 4.79 Å². The van der Waals surface area contributed by atoms with Gasteiger partial charge in [-0.2, -0.15) is 0 Å². The molecule has 1 heterocycles. The number of allylic oxidation sites excluding steroid dienone is 1. The molecule has 0 aliphatic carbocycles. The molecule has 0 spiro atoms. The highest BCUT2D eigenvalue weighted by molar-refractivity contribution is 6.01. The predicted molar refractivity (Wildman–Crippen MR) is 102 cm³/mol. The largest absolute Gasteiger partial charge is 0.454 e. The van der Waals surface area contributed by atoms with Gasteiger partial charge >= 0.3 is 0 Å². The Kier molecular flexibility index (Phi) is 5.22. The Labute approximate surface area is 153 Å². The smallest absolute Gasteiger partial charge is 0.231 e. The second-order valence-electron chi connectivity index (χ2n) is 5.92. The average molecular weight is 351 g/mol. The summed E-state index contributed by atoms with van der Waals surface area (Å²) in [5.74, 6) is 2.00. The Morgan fingerprint density at radius 3 is 2.54 bits per heavy atom. The summed E-state index contributed by atoms with van der Waals surface area (Å²) < 4.78 is 10.7. The Balaban J connectivity index is 1.90. The lowest BCUT2D eigenvalue weighted by Crippen LogP contribution is -2.39. The van der Waals surface area contributed by atoms with Crippen LogP contribution in [0.3, 0.4) is 0 Å². The molecule has 0 aromatic heterocycles. The maximum atomic E-state index is 11.3. The molecule has 6 heteroatoms. The van der Waals surface area contributed by atoms with Gasteiger partial charge in [0.1, 0.15) is 0 Å². The summed E-state index contributed by atoms with van der Waals surface area (Å²) in [4.78, 5) is 19.3. The van der Waals surface area contributed by atoms with Crippen molar-refractivity contribution in [2.24, 2.45) is 4.99 Å². The van der Waals surface area contributed by atoms with Crippen molar-refractivity contribution in [1.29, 1.82) is 0 Å². The highest BCUT2D eigenvalue weighted by atomic mass is 16.7. The molecule has 2 aromatic rings. The highest BCUT2D eigenvalue weighted by Gasteiger charge is 2.14. The molecular weight excluding hydrogens is 330 g/mol. The standard InChI is InChI=1S/C20H21N3O3/c1-15(11-16-9-10-18-19(12-16)26-14-25-18)21-20(22(2)13-24)23(3)17-7-5-4-6-8-17/h4-13H,14H2,1-3H3/b15-11-,21-20+. The number of carbonyl (C=O) groups is 1. The molecular formula is C20H21N3O3. The minimum absolute atomic E-state index is 0.246. The third-order valence-corrected chi connectivity index (χ3v) is 3.97. The fourth-order valence-electron chi connectivity index (χ4n) is 2.64. The third-order valence-electron chi connectivity index (χ3n) is 3.97. The Morgan fingerprint density at radius 1 is 1.08 bits per heavy atom. The lowest BCUT2D eigenvalue weighted by atomic mass is 10.2. The molecule has 0 radical (unpaired) electrons. The number of hydrogen-bond acceptors (Lipinski definition) is 4. The number of benzene rings is 2. The van der Waals surface area contributed by atoms with Crippen molar-refractivity contribution >= 4 is 24.1 Å². The molecule has 3 rings (SSSR count). The number of ether oxygens (including phenoxy) is 2. The summed E-state index contributed by atoms with van der Waals surface area (Å²) in [6, 6.07) is 15.5. The fraction of sp³-hybridized carbons (Fsp3) is 0.200. The molecule has 0 saturated heterocycles. The summed E-state index contributed by atoms with van der Waals surface area (Å²) in [7, 11) is 3.56. The minimum atomic E-state index is 0.246. The number of guanidine groups is 1. The Hall–Kier alpha value is -3.28. The summed E-state index contributed by atoms with van der Waals surface area (Å²) in [5, 5.41) is 0. The van der Waals surface area contributed by atoms with E-state index in [-0.39, 0.29) is 6.79 Å². The molecule has 1 amide bonds. The third kappa shape index (κ3) is 3.85. The van der Waals surface area contributed by atoms with Gasteiger partial charge in [-0.15, -0.1) is 0 Å². The summed E-state index contributed by atoms with van der Waals surface area (Å²) in [6.45, 7) is 2.14. The normalized spacial score (nSPS) is 13.5. The molecule has 0 atom stereocenters. The van der Waals surface area contributed by atoms with Crippen LogP contribution >= 0.6 is 0 Å².